The van der Waals surface area contributed by atoms with Crippen molar-refractivity contribution in [3.8, 4) is 0 Å². The number of hydrogen-bond acceptors (Lipinski definition) is 4. The van der Waals surface area contributed by atoms with E-state index in [1.54, 1.807) is 29.5 Å². The zero-order valence-electron chi connectivity index (χ0n) is 13.2. The summed E-state index contributed by atoms with van der Waals surface area (Å²) >= 11 is 1.62. The van der Waals surface area contributed by atoms with Gasteiger partial charge in [0.25, 0.3) is 5.92 Å². The first kappa shape index (κ1) is 15.3. The molecule has 124 valence electrons. The second-order valence-electron chi connectivity index (χ2n) is 6.93. The second kappa shape index (κ2) is 5.67. The summed E-state index contributed by atoms with van der Waals surface area (Å²) in [7, 11) is 1.74. The lowest BCUT2D eigenvalue weighted by Gasteiger charge is -2.37. The minimum absolute atomic E-state index is 0.196. The van der Waals surface area contributed by atoms with Crippen LogP contribution in [0.15, 0.2) is 17.6 Å². The number of hydrogen-bond donors (Lipinski definition) is 1. The number of likely N-dealkylation sites (tertiary alicyclic amines) is 1. The van der Waals surface area contributed by atoms with Crippen molar-refractivity contribution in [2.75, 3.05) is 25.5 Å². The summed E-state index contributed by atoms with van der Waals surface area (Å²) in [6, 6.07) is 1.17. The van der Waals surface area contributed by atoms with Gasteiger partial charge < -0.3 is 10.2 Å². The molecule has 0 amide bonds. The zero-order valence-corrected chi connectivity index (χ0v) is 14.0. The minimum atomic E-state index is -2.73. The maximum Gasteiger partial charge on any atom is 0.280 e. The van der Waals surface area contributed by atoms with E-state index < -0.39 is 12.0 Å². The number of nitrogens with zero attached hydrogens (tertiary/aromatic N) is 2. The summed E-state index contributed by atoms with van der Waals surface area (Å²) in [5, 5.41) is 6.39. The third kappa shape index (κ3) is 3.06. The number of nitrogens with one attached hydrogen (secondary N) is 1. The average molecular weight is 337 g/mol. The number of halogens is 2. The molecule has 1 atom stereocenters. The maximum absolute atomic E-state index is 14.3. The molecule has 1 unspecified atom stereocenters. The van der Waals surface area contributed by atoms with Crippen LogP contribution in [-0.2, 0) is 6.42 Å². The third-order valence-corrected chi connectivity index (χ3v) is 5.93. The fourth-order valence-corrected chi connectivity index (χ4v) is 4.39. The van der Waals surface area contributed by atoms with Crippen LogP contribution in [0.1, 0.15) is 24.8 Å². The van der Waals surface area contributed by atoms with Crippen molar-refractivity contribution in [1.82, 2.24) is 9.88 Å². The van der Waals surface area contributed by atoms with Gasteiger partial charge in [0.15, 0.2) is 0 Å². The normalized spacial score (nSPS) is 24.9. The van der Waals surface area contributed by atoms with Gasteiger partial charge in [-0.2, -0.15) is 0 Å². The van der Waals surface area contributed by atoms with E-state index in [4.69, 9.17) is 0 Å². The van der Waals surface area contributed by atoms with E-state index in [0.717, 1.165) is 17.0 Å². The van der Waals surface area contributed by atoms with Crippen LogP contribution in [0, 0.1) is 5.92 Å². The summed E-state index contributed by atoms with van der Waals surface area (Å²) in [6.45, 7) is 0.485. The van der Waals surface area contributed by atoms with Crippen LogP contribution in [-0.4, -0.2) is 42.0 Å². The molecule has 23 heavy (non-hydrogen) atoms. The number of pyridine rings is 1. The topological polar surface area (TPSA) is 28.2 Å². The number of alkyl halides is 2. The van der Waals surface area contributed by atoms with Gasteiger partial charge in [0.1, 0.15) is 5.82 Å². The van der Waals surface area contributed by atoms with E-state index in [-0.39, 0.29) is 6.54 Å². The Balaban J connectivity index is 1.60. The van der Waals surface area contributed by atoms with Crippen molar-refractivity contribution in [2.45, 2.75) is 37.6 Å². The highest BCUT2D eigenvalue weighted by Gasteiger charge is 2.44. The van der Waals surface area contributed by atoms with Gasteiger partial charge in [-0.25, -0.2) is 13.8 Å². The molecule has 0 aromatic carbocycles. The number of thiophene rings is 1. The van der Waals surface area contributed by atoms with Crippen LogP contribution in [0.2, 0.25) is 0 Å². The first-order chi connectivity index (χ1) is 11.0. The van der Waals surface area contributed by atoms with Gasteiger partial charge in [0.05, 0.1) is 17.3 Å². The number of fused-ring (bicyclic) bond motifs is 1. The minimum Gasteiger partial charge on any atom is -0.360 e. The Kier molecular flexibility index (Phi) is 3.76. The van der Waals surface area contributed by atoms with Crippen molar-refractivity contribution in [3.63, 3.8) is 0 Å². The van der Waals surface area contributed by atoms with Gasteiger partial charge in [0, 0.05) is 18.1 Å². The number of rotatable bonds is 4. The van der Waals surface area contributed by atoms with E-state index in [0.29, 0.717) is 18.8 Å². The Morgan fingerprint density at radius 2 is 2.22 bits per heavy atom. The second-order valence-corrected chi connectivity index (χ2v) is 7.81. The van der Waals surface area contributed by atoms with Gasteiger partial charge in [0.2, 0.25) is 0 Å². The lowest BCUT2D eigenvalue weighted by Crippen LogP contribution is -2.53. The van der Waals surface area contributed by atoms with Gasteiger partial charge >= 0.3 is 0 Å². The monoisotopic (exact) mass is 337 g/mol. The first-order valence-corrected chi connectivity index (χ1v) is 9.09. The van der Waals surface area contributed by atoms with E-state index in [9.17, 15) is 8.78 Å². The quantitative estimate of drug-likeness (QED) is 0.914. The molecular formula is C17H21F2N3S. The summed E-state index contributed by atoms with van der Waals surface area (Å²) in [6.07, 6.45) is 5.90. The SMILES string of the molecule is CN1CCC(Nc2nccc3c(CC4CC4)csc23)C(F)(F)C1. The van der Waals surface area contributed by atoms with Crippen molar-refractivity contribution in [3.05, 3.63) is 23.2 Å². The molecule has 2 aromatic rings. The molecule has 0 bridgehead atoms. The Morgan fingerprint density at radius 3 is 2.96 bits per heavy atom. The molecule has 1 N–H and O–H groups in total. The molecule has 1 saturated carbocycles. The molecule has 6 heteroatoms. The highest BCUT2D eigenvalue weighted by molar-refractivity contribution is 7.18. The largest absolute Gasteiger partial charge is 0.360 e. The van der Waals surface area contributed by atoms with E-state index >= 15 is 0 Å². The van der Waals surface area contributed by atoms with Crippen LogP contribution in [0.3, 0.4) is 0 Å². The van der Waals surface area contributed by atoms with Gasteiger partial charge in [-0.3, -0.25) is 0 Å². The predicted octanol–water partition coefficient (Wildman–Crippen LogP) is 4.00. The van der Waals surface area contributed by atoms with Crippen molar-refractivity contribution < 1.29 is 8.78 Å². The molecule has 4 rings (SSSR count). The third-order valence-electron chi connectivity index (χ3n) is 4.88. The summed E-state index contributed by atoms with van der Waals surface area (Å²) in [5.41, 5.74) is 1.34. The zero-order chi connectivity index (χ0) is 16.0. The molecular weight excluding hydrogens is 316 g/mol. The Hall–Kier alpha value is -1.27. The molecule has 1 aliphatic heterocycles. The fourth-order valence-electron chi connectivity index (χ4n) is 3.36. The molecule has 2 aromatic heterocycles. The molecule has 2 aliphatic rings. The van der Waals surface area contributed by atoms with Crippen molar-refractivity contribution in [1.29, 1.82) is 0 Å². The number of aromatic nitrogens is 1. The van der Waals surface area contributed by atoms with Gasteiger partial charge in [-0.1, -0.05) is 0 Å². The van der Waals surface area contributed by atoms with Crippen LogP contribution in [0.25, 0.3) is 10.1 Å². The lowest BCUT2D eigenvalue weighted by molar-refractivity contribution is -0.0673. The highest BCUT2D eigenvalue weighted by Crippen LogP contribution is 2.39. The molecule has 1 saturated heterocycles. The van der Waals surface area contributed by atoms with E-state index in [1.807, 2.05) is 6.07 Å². The Morgan fingerprint density at radius 1 is 1.39 bits per heavy atom. The molecule has 0 spiro atoms. The van der Waals surface area contributed by atoms with Crippen molar-refractivity contribution in [2.24, 2.45) is 5.92 Å². The van der Waals surface area contributed by atoms with Gasteiger partial charge in [-0.15, -0.1) is 11.3 Å². The molecule has 3 nitrogen and oxygen atoms in total. The molecule has 3 heterocycles. The summed E-state index contributed by atoms with van der Waals surface area (Å²) < 4.78 is 29.5. The summed E-state index contributed by atoms with van der Waals surface area (Å²) in [4.78, 5) is 6.03. The molecule has 0 radical (unpaired) electrons. The molecule has 1 aliphatic carbocycles. The summed E-state index contributed by atoms with van der Waals surface area (Å²) in [5.74, 6) is -1.30. The first-order valence-electron chi connectivity index (χ1n) is 8.21. The Labute approximate surface area is 138 Å². The lowest BCUT2D eigenvalue weighted by atomic mass is 10.0. The van der Waals surface area contributed by atoms with E-state index in [2.05, 4.69) is 15.7 Å². The molecule has 2 fully saturated rings. The standard InChI is InChI=1S/C17H21F2N3S/c1-22-7-5-14(17(18,19)10-22)21-16-15-13(4-6-20-16)12(9-23-15)8-11-2-3-11/h4,6,9,11,14H,2-3,5,7-8,10H2,1H3,(H,20,21). The van der Waals surface area contributed by atoms with Crippen LogP contribution in [0.5, 0.6) is 0 Å². The number of piperidine rings is 1. The van der Waals surface area contributed by atoms with Crippen LogP contribution < -0.4 is 5.32 Å². The van der Waals surface area contributed by atoms with Gasteiger partial charge in [-0.05, 0) is 55.7 Å². The highest BCUT2D eigenvalue weighted by atomic mass is 32.1. The predicted molar refractivity (Wildman–Crippen MR) is 90.5 cm³/mol. The fraction of sp³-hybridized carbons (Fsp3) is 0.588. The number of anilines is 1. The maximum atomic E-state index is 14.3. The van der Waals surface area contributed by atoms with Crippen molar-refractivity contribution >= 4 is 27.2 Å². The average Bonchev–Trinajstić information content (AvgIpc) is 3.21. The van der Waals surface area contributed by atoms with Crippen LogP contribution in [0.4, 0.5) is 14.6 Å². The van der Waals surface area contributed by atoms with Crippen LogP contribution >= 0.6 is 11.3 Å². The smallest absolute Gasteiger partial charge is 0.280 e. The van der Waals surface area contributed by atoms with E-state index in [1.165, 1.54) is 23.8 Å². The Bertz CT molecular complexity index is 711.